The van der Waals surface area contributed by atoms with Crippen LogP contribution in [0.4, 0.5) is 11.5 Å². The lowest BCUT2D eigenvalue weighted by molar-refractivity contribution is 0.0955. The molecule has 1 amide bonds. The first-order valence-electron chi connectivity index (χ1n) is 8.25. The Morgan fingerprint density at radius 1 is 1.17 bits per heavy atom. The Morgan fingerprint density at radius 3 is 2.58 bits per heavy atom. The second-order valence-corrected chi connectivity index (χ2v) is 5.89. The summed E-state index contributed by atoms with van der Waals surface area (Å²) in [6.45, 7) is 6.49. The molecule has 24 heavy (non-hydrogen) atoms. The molecule has 0 fully saturated rings. The topological polar surface area (TPSA) is 48.5 Å². The summed E-state index contributed by atoms with van der Waals surface area (Å²) < 4.78 is 0. The van der Waals surface area contributed by atoms with Gasteiger partial charge in [0.1, 0.15) is 5.82 Å². The lowest BCUT2D eigenvalue weighted by Crippen LogP contribution is -2.35. The van der Waals surface area contributed by atoms with Crippen LogP contribution in [-0.4, -0.2) is 44.6 Å². The minimum atomic E-state index is -0.0902. The van der Waals surface area contributed by atoms with E-state index in [4.69, 9.17) is 0 Å². The van der Waals surface area contributed by atoms with Gasteiger partial charge in [0.15, 0.2) is 0 Å². The molecule has 0 bridgehead atoms. The van der Waals surface area contributed by atoms with E-state index in [1.165, 1.54) is 11.3 Å². The van der Waals surface area contributed by atoms with Gasteiger partial charge in [-0.3, -0.25) is 4.79 Å². The van der Waals surface area contributed by atoms with Crippen molar-refractivity contribution in [2.75, 3.05) is 43.5 Å². The molecule has 1 heterocycles. The smallest absolute Gasteiger partial charge is 0.255 e. The lowest BCUT2D eigenvalue weighted by Gasteiger charge is -2.25. The van der Waals surface area contributed by atoms with Crippen LogP contribution in [0.2, 0.25) is 0 Å². The lowest BCUT2D eigenvalue weighted by atomic mass is 10.2. The maximum absolute atomic E-state index is 12.4. The molecule has 2 rings (SSSR count). The van der Waals surface area contributed by atoms with E-state index in [1.807, 2.05) is 31.1 Å². The standard InChI is InChI=1S/C19H26N4O/c1-5-23(17-11-7-6-9-15(17)2)14-13-21-19(24)16-10-8-12-20-18(16)22(3)4/h6-12H,5,13-14H2,1-4H3,(H,21,24). The second-order valence-electron chi connectivity index (χ2n) is 5.89. The Morgan fingerprint density at radius 2 is 1.92 bits per heavy atom. The van der Waals surface area contributed by atoms with Gasteiger partial charge in [0.25, 0.3) is 5.91 Å². The quantitative estimate of drug-likeness (QED) is 0.850. The van der Waals surface area contributed by atoms with E-state index in [2.05, 4.69) is 41.2 Å². The Hall–Kier alpha value is -2.56. The van der Waals surface area contributed by atoms with Gasteiger partial charge < -0.3 is 15.1 Å². The highest BCUT2D eigenvalue weighted by Gasteiger charge is 2.14. The van der Waals surface area contributed by atoms with E-state index in [9.17, 15) is 4.79 Å². The SMILES string of the molecule is CCN(CCNC(=O)c1cccnc1N(C)C)c1ccccc1C. The number of likely N-dealkylation sites (N-methyl/N-ethyl adjacent to an activating group) is 1. The minimum Gasteiger partial charge on any atom is -0.370 e. The average Bonchev–Trinajstić information content (AvgIpc) is 2.59. The zero-order chi connectivity index (χ0) is 17.5. The van der Waals surface area contributed by atoms with Crippen molar-refractivity contribution >= 4 is 17.4 Å². The van der Waals surface area contributed by atoms with E-state index < -0.39 is 0 Å². The number of aryl methyl sites for hydroxylation is 1. The fourth-order valence-corrected chi connectivity index (χ4v) is 2.70. The summed E-state index contributed by atoms with van der Waals surface area (Å²) in [5, 5.41) is 3.00. The second kappa shape index (κ2) is 8.34. The number of amides is 1. The normalized spacial score (nSPS) is 10.3. The summed E-state index contributed by atoms with van der Waals surface area (Å²) in [5.74, 6) is 0.592. The van der Waals surface area contributed by atoms with Gasteiger partial charge >= 0.3 is 0 Å². The monoisotopic (exact) mass is 326 g/mol. The van der Waals surface area contributed by atoms with Gasteiger partial charge in [-0.1, -0.05) is 18.2 Å². The molecule has 0 saturated heterocycles. The van der Waals surface area contributed by atoms with Gasteiger partial charge in [0.05, 0.1) is 5.56 Å². The fraction of sp³-hybridized carbons (Fsp3) is 0.368. The summed E-state index contributed by atoms with van der Waals surface area (Å²) in [6.07, 6.45) is 1.70. The largest absolute Gasteiger partial charge is 0.370 e. The summed E-state index contributed by atoms with van der Waals surface area (Å²) in [7, 11) is 3.77. The molecule has 0 atom stereocenters. The molecule has 1 aromatic carbocycles. The van der Waals surface area contributed by atoms with Crippen LogP contribution in [0.1, 0.15) is 22.8 Å². The Bertz CT molecular complexity index is 685. The van der Waals surface area contributed by atoms with E-state index in [-0.39, 0.29) is 5.91 Å². The number of aromatic nitrogens is 1. The van der Waals surface area contributed by atoms with Crippen molar-refractivity contribution in [1.82, 2.24) is 10.3 Å². The van der Waals surface area contributed by atoms with Crippen LogP contribution in [0.25, 0.3) is 0 Å². The van der Waals surface area contributed by atoms with Crippen LogP contribution in [0.15, 0.2) is 42.6 Å². The third kappa shape index (κ3) is 4.25. The molecule has 0 aliphatic heterocycles. The van der Waals surface area contributed by atoms with Crippen molar-refractivity contribution in [2.24, 2.45) is 0 Å². The molecule has 0 unspecified atom stereocenters. The molecule has 0 spiro atoms. The Kier molecular flexibility index (Phi) is 6.18. The van der Waals surface area contributed by atoms with Gasteiger partial charge in [-0.05, 0) is 37.6 Å². The number of carbonyl (C=O) groups is 1. The van der Waals surface area contributed by atoms with E-state index >= 15 is 0 Å². The molecule has 0 radical (unpaired) electrons. The number of anilines is 2. The first-order valence-corrected chi connectivity index (χ1v) is 8.25. The highest BCUT2D eigenvalue weighted by molar-refractivity contribution is 5.98. The molecule has 0 saturated carbocycles. The van der Waals surface area contributed by atoms with E-state index in [1.54, 1.807) is 18.3 Å². The van der Waals surface area contributed by atoms with Crippen molar-refractivity contribution in [3.05, 3.63) is 53.7 Å². The number of hydrogen-bond donors (Lipinski definition) is 1. The van der Waals surface area contributed by atoms with Crippen molar-refractivity contribution < 1.29 is 4.79 Å². The zero-order valence-corrected chi connectivity index (χ0v) is 14.9. The molecule has 5 heteroatoms. The van der Waals surface area contributed by atoms with Gasteiger partial charge in [-0.15, -0.1) is 0 Å². The predicted molar refractivity (Wildman–Crippen MR) is 100.0 cm³/mol. The summed E-state index contributed by atoms with van der Waals surface area (Å²) >= 11 is 0. The Balaban J connectivity index is 1.98. The molecule has 0 aliphatic rings. The van der Waals surface area contributed by atoms with Gasteiger partial charge in [0.2, 0.25) is 0 Å². The summed E-state index contributed by atoms with van der Waals surface area (Å²) in [6, 6.07) is 11.9. The Labute approximate surface area is 144 Å². The number of nitrogens with one attached hydrogen (secondary N) is 1. The number of rotatable bonds is 7. The maximum atomic E-state index is 12.4. The molecule has 0 aliphatic carbocycles. The van der Waals surface area contributed by atoms with Crippen molar-refractivity contribution in [3.63, 3.8) is 0 Å². The van der Waals surface area contributed by atoms with E-state index in [0.29, 0.717) is 17.9 Å². The van der Waals surface area contributed by atoms with E-state index in [0.717, 1.165) is 13.1 Å². The highest BCUT2D eigenvalue weighted by Crippen LogP contribution is 2.18. The van der Waals surface area contributed by atoms with Crippen LogP contribution >= 0.6 is 0 Å². The zero-order valence-electron chi connectivity index (χ0n) is 14.9. The predicted octanol–water partition coefficient (Wildman–Crippen LogP) is 2.71. The molecule has 5 nitrogen and oxygen atoms in total. The first kappa shape index (κ1) is 17.8. The van der Waals surface area contributed by atoms with Gasteiger partial charge in [0, 0.05) is 45.6 Å². The van der Waals surface area contributed by atoms with Crippen LogP contribution in [0.5, 0.6) is 0 Å². The number of para-hydroxylation sites is 1. The van der Waals surface area contributed by atoms with Crippen molar-refractivity contribution in [2.45, 2.75) is 13.8 Å². The molecule has 128 valence electrons. The highest BCUT2D eigenvalue weighted by atomic mass is 16.1. The molecular formula is C19H26N4O. The van der Waals surface area contributed by atoms with Crippen LogP contribution in [-0.2, 0) is 0 Å². The third-order valence-corrected chi connectivity index (χ3v) is 3.96. The number of benzene rings is 1. The van der Waals surface area contributed by atoms with Gasteiger partial charge in [-0.25, -0.2) is 4.98 Å². The number of nitrogens with zero attached hydrogens (tertiary/aromatic N) is 3. The maximum Gasteiger partial charge on any atom is 0.255 e. The van der Waals surface area contributed by atoms with Crippen LogP contribution in [0.3, 0.4) is 0 Å². The summed E-state index contributed by atoms with van der Waals surface area (Å²) in [4.78, 5) is 20.8. The van der Waals surface area contributed by atoms with Crippen molar-refractivity contribution in [1.29, 1.82) is 0 Å². The number of carbonyl (C=O) groups excluding carboxylic acids is 1. The molecular weight excluding hydrogens is 300 g/mol. The van der Waals surface area contributed by atoms with Crippen molar-refractivity contribution in [3.8, 4) is 0 Å². The fourth-order valence-electron chi connectivity index (χ4n) is 2.70. The number of hydrogen-bond acceptors (Lipinski definition) is 4. The number of pyridine rings is 1. The summed E-state index contributed by atoms with van der Waals surface area (Å²) in [5.41, 5.74) is 3.05. The average molecular weight is 326 g/mol. The minimum absolute atomic E-state index is 0.0902. The first-order chi connectivity index (χ1) is 11.5. The molecule has 1 aromatic heterocycles. The van der Waals surface area contributed by atoms with Gasteiger partial charge in [-0.2, -0.15) is 0 Å². The van der Waals surface area contributed by atoms with Crippen LogP contribution in [0, 0.1) is 6.92 Å². The van der Waals surface area contributed by atoms with Crippen LogP contribution < -0.4 is 15.1 Å². The molecule has 1 N–H and O–H groups in total. The third-order valence-electron chi connectivity index (χ3n) is 3.96. The molecule has 2 aromatic rings.